The molecule has 3 heteroatoms. The number of terminal acetylenes is 1. The summed E-state index contributed by atoms with van der Waals surface area (Å²) in [5, 5.41) is 11.1. The van der Waals surface area contributed by atoms with Gasteiger partial charge in [0.15, 0.2) is 0 Å². The summed E-state index contributed by atoms with van der Waals surface area (Å²) in [6.45, 7) is 3.05. The summed E-state index contributed by atoms with van der Waals surface area (Å²) in [6, 6.07) is 2.34. The molecule has 0 amide bonds. The van der Waals surface area contributed by atoms with E-state index in [9.17, 15) is 0 Å². The van der Waals surface area contributed by atoms with E-state index in [2.05, 4.69) is 28.4 Å². The quantitative estimate of drug-likeness (QED) is 0.567. The minimum atomic E-state index is 0.346. The van der Waals surface area contributed by atoms with Crippen LogP contribution >= 0.6 is 0 Å². The van der Waals surface area contributed by atoms with E-state index in [0.717, 1.165) is 25.8 Å². The number of nitrogens with zero attached hydrogens (tertiary/aromatic N) is 2. The van der Waals surface area contributed by atoms with Crippen LogP contribution < -0.4 is 5.32 Å². The summed E-state index contributed by atoms with van der Waals surface area (Å²) in [6.07, 6.45) is 11.7. The topological polar surface area (TPSA) is 37.8 Å². The zero-order chi connectivity index (χ0) is 10.9. The number of nitrogens with one attached hydrogen (secondary N) is 1. The van der Waals surface area contributed by atoms with Crippen molar-refractivity contribution in [2.75, 3.05) is 6.54 Å². The summed E-state index contributed by atoms with van der Waals surface area (Å²) in [4.78, 5) is 0. The first-order chi connectivity index (χ1) is 7.38. The third-order valence-electron chi connectivity index (χ3n) is 2.27. The number of hydrogen-bond acceptors (Lipinski definition) is 3. The maximum atomic E-state index is 5.23. The minimum absolute atomic E-state index is 0.346. The van der Waals surface area contributed by atoms with Crippen LogP contribution in [0.15, 0.2) is 18.5 Å². The minimum Gasteiger partial charge on any atom is -0.310 e. The highest BCUT2D eigenvalue weighted by atomic mass is 15.1. The Kier molecular flexibility index (Phi) is 5.42. The van der Waals surface area contributed by atoms with Gasteiger partial charge < -0.3 is 5.32 Å². The maximum absolute atomic E-state index is 5.23. The Balaban J connectivity index is 2.54. The second-order valence-corrected chi connectivity index (χ2v) is 3.38. The second-order valence-electron chi connectivity index (χ2n) is 3.38. The molecule has 3 nitrogen and oxygen atoms in total. The molecule has 0 saturated heterocycles. The molecule has 0 bridgehead atoms. The van der Waals surface area contributed by atoms with Crippen molar-refractivity contribution in [3.8, 4) is 12.3 Å². The second kappa shape index (κ2) is 6.97. The van der Waals surface area contributed by atoms with Crippen LogP contribution in [0, 0.1) is 12.3 Å². The summed E-state index contributed by atoms with van der Waals surface area (Å²) < 4.78 is 0. The average Bonchev–Trinajstić information content (AvgIpc) is 2.29. The van der Waals surface area contributed by atoms with Crippen LogP contribution in [0.25, 0.3) is 0 Å². The van der Waals surface area contributed by atoms with E-state index in [1.807, 2.05) is 12.3 Å². The van der Waals surface area contributed by atoms with Crippen molar-refractivity contribution in [1.82, 2.24) is 15.5 Å². The molecule has 1 rings (SSSR count). The van der Waals surface area contributed by atoms with Gasteiger partial charge in [0.1, 0.15) is 0 Å². The van der Waals surface area contributed by atoms with Gasteiger partial charge in [-0.25, -0.2) is 0 Å². The molecule has 0 spiro atoms. The molecule has 1 aromatic heterocycles. The van der Waals surface area contributed by atoms with Crippen molar-refractivity contribution < 1.29 is 0 Å². The highest BCUT2D eigenvalue weighted by Gasteiger charge is 2.09. The zero-order valence-electron chi connectivity index (χ0n) is 9.11. The fourth-order valence-corrected chi connectivity index (χ4v) is 1.55. The molecule has 0 saturated carbocycles. The lowest BCUT2D eigenvalue weighted by atomic mass is 10.0. The highest BCUT2D eigenvalue weighted by molar-refractivity contribution is 5.11. The molecule has 0 radical (unpaired) electrons. The Hall–Kier alpha value is -1.40. The SMILES string of the molecule is C#CCCCC(NCC)c1ccnnc1. The lowest BCUT2D eigenvalue weighted by molar-refractivity contribution is 0.499. The van der Waals surface area contributed by atoms with E-state index >= 15 is 0 Å². The van der Waals surface area contributed by atoms with E-state index < -0.39 is 0 Å². The van der Waals surface area contributed by atoms with Gasteiger partial charge in [0, 0.05) is 18.7 Å². The molecule has 0 fully saturated rings. The molecule has 0 aliphatic rings. The summed E-state index contributed by atoms with van der Waals surface area (Å²) in [5.41, 5.74) is 1.18. The van der Waals surface area contributed by atoms with Gasteiger partial charge in [0.25, 0.3) is 0 Å². The Morgan fingerprint density at radius 3 is 3.00 bits per heavy atom. The molecular weight excluding hydrogens is 186 g/mol. The first-order valence-electron chi connectivity index (χ1n) is 5.32. The summed E-state index contributed by atoms with van der Waals surface area (Å²) in [5.74, 6) is 2.66. The fourth-order valence-electron chi connectivity index (χ4n) is 1.55. The molecule has 80 valence electrons. The van der Waals surface area contributed by atoms with Gasteiger partial charge in [0.2, 0.25) is 0 Å². The van der Waals surface area contributed by atoms with Gasteiger partial charge in [-0.05, 0) is 31.0 Å². The van der Waals surface area contributed by atoms with Gasteiger partial charge >= 0.3 is 0 Å². The standard InChI is InChI=1S/C12H17N3/c1-3-5-6-7-12(13-4-2)11-8-9-14-15-10-11/h1,8-10,12-13H,4-7H2,2H3. The largest absolute Gasteiger partial charge is 0.310 e. The van der Waals surface area contributed by atoms with Crippen LogP contribution in [-0.4, -0.2) is 16.7 Å². The highest BCUT2D eigenvalue weighted by Crippen LogP contribution is 2.17. The van der Waals surface area contributed by atoms with Crippen molar-refractivity contribution in [3.63, 3.8) is 0 Å². The Bertz CT molecular complexity index is 302. The molecule has 0 aromatic carbocycles. The average molecular weight is 203 g/mol. The van der Waals surface area contributed by atoms with Crippen molar-refractivity contribution in [1.29, 1.82) is 0 Å². The number of hydrogen-bond donors (Lipinski definition) is 1. The molecule has 15 heavy (non-hydrogen) atoms. The van der Waals surface area contributed by atoms with Crippen molar-refractivity contribution in [2.45, 2.75) is 32.2 Å². The molecule has 1 N–H and O–H groups in total. The predicted octanol–water partition coefficient (Wildman–Crippen LogP) is 1.93. The van der Waals surface area contributed by atoms with Gasteiger partial charge in [-0.1, -0.05) is 6.92 Å². The van der Waals surface area contributed by atoms with Gasteiger partial charge in [-0.2, -0.15) is 10.2 Å². The van der Waals surface area contributed by atoms with Crippen molar-refractivity contribution >= 4 is 0 Å². The monoisotopic (exact) mass is 203 g/mol. The van der Waals surface area contributed by atoms with Crippen molar-refractivity contribution in [2.24, 2.45) is 0 Å². The fraction of sp³-hybridized carbons (Fsp3) is 0.500. The molecule has 1 aromatic rings. The van der Waals surface area contributed by atoms with Crippen LogP contribution in [0.5, 0.6) is 0 Å². The maximum Gasteiger partial charge on any atom is 0.0544 e. The molecule has 1 unspecified atom stereocenters. The number of aromatic nitrogens is 2. The molecule has 0 aliphatic heterocycles. The van der Waals surface area contributed by atoms with E-state index in [0.29, 0.717) is 6.04 Å². The summed E-state index contributed by atoms with van der Waals surface area (Å²) >= 11 is 0. The summed E-state index contributed by atoms with van der Waals surface area (Å²) in [7, 11) is 0. The zero-order valence-corrected chi connectivity index (χ0v) is 9.11. The van der Waals surface area contributed by atoms with E-state index in [1.165, 1.54) is 5.56 Å². The third-order valence-corrected chi connectivity index (χ3v) is 2.27. The van der Waals surface area contributed by atoms with Crippen LogP contribution in [0.1, 0.15) is 37.8 Å². The Labute approximate surface area is 91.3 Å². The third kappa shape index (κ3) is 4.09. The van der Waals surface area contributed by atoms with Crippen LogP contribution in [-0.2, 0) is 0 Å². The lowest BCUT2D eigenvalue weighted by Gasteiger charge is -2.16. The lowest BCUT2D eigenvalue weighted by Crippen LogP contribution is -2.21. The van der Waals surface area contributed by atoms with Gasteiger partial charge in [-0.3, -0.25) is 0 Å². The normalized spacial score (nSPS) is 12.0. The van der Waals surface area contributed by atoms with E-state index in [-0.39, 0.29) is 0 Å². The van der Waals surface area contributed by atoms with E-state index in [4.69, 9.17) is 6.42 Å². The van der Waals surface area contributed by atoms with Crippen molar-refractivity contribution in [3.05, 3.63) is 24.0 Å². The van der Waals surface area contributed by atoms with Crippen LogP contribution in [0.4, 0.5) is 0 Å². The first-order valence-corrected chi connectivity index (χ1v) is 5.32. The van der Waals surface area contributed by atoms with Gasteiger partial charge in [-0.15, -0.1) is 12.3 Å². The molecular formula is C12H17N3. The smallest absolute Gasteiger partial charge is 0.0544 e. The van der Waals surface area contributed by atoms with Crippen LogP contribution in [0.3, 0.4) is 0 Å². The number of unbranched alkanes of at least 4 members (excludes halogenated alkanes) is 1. The van der Waals surface area contributed by atoms with Crippen LogP contribution in [0.2, 0.25) is 0 Å². The number of rotatable bonds is 6. The van der Waals surface area contributed by atoms with Gasteiger partial charge in [0.05, 0.1) is 6.20 Å². The first kappa shape index (κ1) is 11.7. The Morgan fingerprint density at radius 2 is 2.40 bits per heavy atom. The Morgan fingerprint density at radius 1 is 1.53 bits per heavy atom. The molecule has 1 heterocycles. The molecule has 0 aliphatic carbocycles. The van der Waals surface area contributed by atoms with E-state index in [1.54, 1.807) is 6.20 Å². The molecule has 1 atom stereocenters. The predicted molar refractivity (Wildman–Crippen MR) is 61.1 cm³/mol.